The lowest BCUT2D eigenvalue weighted by Gasteiger charge is -2.17. The van der Waals surface area contributed by atoms with Crippen molar-refractivity contribution in [1.29, 1.82) is 0 Å². The first-order valence-electron chi connectivity index (χ1n) is 8.64. The van der Waals surface area contributed by atoms with Crippen molar-refractivity contribution in [2.75, 3.05) is 5.32 Å². The van der Waals surface area contributed by atoms with Gasteiger partial charge in [0.1, 0.15) is 11.8 Å². The molecule has 2 aromatic heterocycles. The molecule has 3 aromatic rings. The van der Waals surface area contributed by atoms with Crippen molar-refractivity contribution < 1.29 is 14.1 Å². The lowest BCUT2D eigenvalue weighted by atomic mass is 10.1. The molecule has 0 aliphatic heterocycles. The van der Waals surface area contributed by atoms with Crippen LogP contribution in [-0.2, 0) is 4.79 Å². The zero-order chi connectivity index (χ0) is 19.4. The summed E-state index contributed by atoms with van der Waals surface area (Å²) in [7, 11) is 0. The van der Waals surface area contributed by atoms with Gasteiger partial charge in [-0.15, -0.1) is 0 Å². The number of aromatic nitrogens is 2. The fraction of sp³-hybridized carbons (Fsp3) is 0.263. The zero-order valence-corrected chi connectivity index (χ0v) is 15.4. The number of rotatable bonds is 6. The summed E-state index contributed by atoms with van der Waals surface area (Å²) in [5.74, 6) is 0.279. The molecular weight excluding hydrogens is 346 g/mol. The summed E-state index contributed by atoms with van der Waals surface area (Å²) < 4.78 is 4.93. The SMILES string of the molecule is CC[C@@H](NNC(=O)c1cc(C)nc2ccccc12)C(=O)Nc1cc(C)on1. The van der Waals surface area contributed by atoms with Crippen LogP contribution in [0.25, 0.3) is 10.9 Å². The Balaban J connectivity index is 1.69. The second-order valence-electron chi connectivity index (χ2n) is 6.20. The molecule has 140 valence electrons. The molecule has 8 nitrogen and oxygen atoms in total. The first-order valence-corrected chi connectivity index (χ1v) is 8.64. The smallest absolute Gasteiger partial charge is 0.266 e. The predicted molar refractivity (Wildman–Crippen MR) is 101 cm³/mol. The number of hydrazine groups is 1. The van der Waals surface area contributed by atoms with Crippen LogP contribution < -0.4 is 16.2 Å². The number of amides is 2. The molecule has 8 heteroatoms. The molecule has 2 heterocycles. The summed E-state index contributed by atoms with van der Waals surface area (Å²) in [5.41, 5.74) is 7.39. The van der Waals surface area contributed by atoms with Crippen molar-refractivity contribution >= 4 is 28.5 Å². The zero-order valence-electron chi connectivity index (χ0n) is 15.4. The Labute approximate surface area is 156 Å². The number of carbonyl (C=O) groups is 2. The Morgan fingerprint density at radius 3 is 2.67 bits per heavy atom. The maximum atomic E-state index is 12.7. The monoisotopic (exact) mass is 367 g/mol. The standard InChI is InChI=1S/C19H21N5O3/c1-4-15(19(26)21-17-10-12(3)27-24-17)22-23-18(25)14-9-11(2)20-16-8-6-5-7-13(14)16/h5-10,15,22H,4H2,1-3H3,(H,23,25)(H,21,24,26)/t15-/m1/s1. The topological polar surface area (TPSA) is 109 Å². The van der Waals surface area contributed by atoms with Crippen LogP contribution >= 0.6 is 0 Å². The fourth-order valence-electron chi connectivity index (χ4n) is 2.71. The summed E-state index contributed by atoms with van der Waals surface area (Å²) in [4.78, 5) is 29.4. The number of pyridine rings is 1. The maximum Gasteiger partial charge on any atom is 0.266 e. The summed E-state index contributed by atoms with van der Waals surface area (Å²) in [6.07, 6.45) is 0.471. The van der Waals surface area contributed by atoms with Crippen LogP contribution in [-0.4, -0.2) is 28.0 Å². The first kappa shape index (κ1) is 18.5. The lowest BCUT2D eigenvalue weighted by molar-refractivity contribution is -0.118. The van der Waals surface area contributed by atoms with E-state index in [0.717, 1.165) is 16.6 Å². The number of hydrogen-bond donors (Lipinski definition) is 3. The third kappa shape index (κ3) is 4.29. The van der Waals surface area contributed by atoms with Gasteiger partial charge in [-0.3, -0.25) is 20.0 Å². The average molecular weight is 367 g/mol. The van der Waals surface area contributed by atoms with Crippen LogP contribution in [0, 0.1) is 13.8 Å². The van der Waals surface area contributed by atoms with Crippen molar-refractivity contribution in [2.45, 2.75) is 33.2 Å². The molecule has 1 atom stereocenters. The van der Waals surface area contributed by atoms with Gasteiger partial charge in [-0.1, -0.05) is 30.3 Å². The van der Waals surface area contributed by atoms with Crippen molar-refractivity contribution in [2.24, 2.45) is 0 Å². The molecule has 0 saturated carbocycles. The number of hydrogen-bond acceptors (Lipinski definition) is 6. The van der Waals surface area contributed by atoms with Crippen LogP contribution in [0.2, 0.25) is 0 Å². The number of nitrogens with one attached hydrogen (secondary N) is 3. The van der Waals surface area contributed by atoms with Gasteiger partial charge in [-0.2, -0.15) is 0 Å². The molecule has 1 aromatic carbocycles. The Hall–Kier alpha value is -3.26. The van der Waals surface area contributed by atoms with Crippen molar-refractivity contribution in [3.8, 4) is 0 Å². The van der Waals surface area contributed by atoms with Gasteiger partial charge in [-0.25, -0.2) is 5.43 Å². The molecule has 0 bridgehead atoms. The van der Waals surface area contributed by atoms with E-state index in [0.29, 0.717) is 23.6 Å². The maximum absolute atomic E-state index is 12.7. The molecule has 0 saturated heterocycles. The van der Waals surface area contributed by atoms with Crippen LogP contribution in [0.3, 0.4) is 0 Å². The van der Waals surface area contributed by atoms with Gasteiger partial charge < -0.3 is 9.84 Å². The minimum atomic E-state index is -0.625. The van der Waals surface area contributed by atoms with Crippen LogP contribution in [0.5, 0.6) is 0 Å². The van der Waals surface area contributed by atoms with Gasteiger partial charge in [0.05, 0.1) is 11.1 Å². The van der Waals surface area contributed by atoms with Gasteiger partial charge >= 0.3 is 0 Å². The molecule has 3 rings (SSSR count). The quantitative estimate of drug-likeness (QED) is 0.578. The summed E-state index contributed by atoms with van der Waals surface area (Å²) in [6, 6.07) is 10.1. The van der Waals surface area contributed by atoms with Crippen molar-refractivity contribution in [1.82, 2.24) is 21.0 Å². The predicted octanol–water partition coefficient (Wildman–Crippen LogP) is 2.49. The van der Waals surface area contributed by atoms with Gasteiger partial charge in [0.15, 0.2) is 5.82 Å². The summed E-state index contributed by atoms with van der Waals surface area (Å²) in [5, 5.41) is 7.13. The minimum absolute atomic E-state index is 0.318. The van der Waals surface area contributed by atoms with Gasteiger partial charge in [0.25, 0.3) is 5.91 Å². The van der Waals surface area contributed by atoms with E-state index in [1.165, 1.54) is 0 Å². The van der Waals surface area contributed by atoms with E-state index in [1.807, 2.05) is 38.1 Å². The molecule has 0 aliphatic rings. The van der Waals surface area contributed by atoms with Crippen molar-refractivity contribution in [3.63, 3.8) is 0 Å². The Bertz CT molecular complexity index is 982. The van der Waals surface area contributed by atoms with Crippen molar-refractivity contribution in [3.05, 3.63) is 53.4 Å². The molecule has 0 fully saturated rings. The first-order chi connectivity index (χ1) is 13.0. The third-order valence-electron chi connectivity index (χ3n) is 4.05. The largest absolute Gasteiger partial charge is 0.360 e. The normalized spacial score (nSPS) is 12.0. The Morgan fingerprint density at radius 1 is 1.19 bits per heavy atom. The second kappa shape index (κ2) is 7.96. The number of nitrogens with zero attached hydrogens (tertiary/aromatic N) is 2. The van der Waals surface area contributed by atoms with E-state index in [9.17, 15) is 9.59 Å². The number of para-hydroxylation sites is 1. The van der Waals surface area contributed by atoms with Crippen LogP contribution in [0.1, 0.15) is 35.2 Å². The minimum Gasteiger partial charge on any atom is -0.360 e. The van der Waals surface area contributed by atoms with E-state index in [4.69, 9.17) is 4.52 Å². The highest BCUT2D eigenvalue weighted by Crippen LogP contribution is 2.18. The molecule has 0 unspecified atom stereocenters. The van der Waals surface area contributed by atoms with Crippen LogP contribution in [0.4, 0.5) is 5.82 Å². The fourth-order valence-corrected chi connectivity index (χ4v) is 2.71. The number of aryl methyl sites for hydroxylation is 2. The molecule has 0 radical (unpaired) electrons. The van der Waals surface area contributed by atoms with E-state index in [2.05, 4.69) is 26.3 Å². The Kier molecular flexibility index (Phi) is 5.46. The average Bonchev–Trinajstić information content (AvgIpc) is 3.05. The van der Waals surface area contributed by atoms with E-state index >= 15 is 0 Å². The van der Waals surface area contributed by atoms with E-state index in [1.54, 1.807) is 19.1 Å². The number of carbonyl (C=O) groups excluding carboxylic acids is 2. The molecule has 27 heavy (non-hydrogen) atoms. The third-order valence-corrected chi connectivity index (χ3v) is 4.05. The highest BCUT2D eigenvalue weighted by atomic mass is 16.5. The molecular formula is C19H21N5O3. The molecule has 3 N–H and O–H groups in total. The van der Waals surface area contributed by atoms with Gasteiger partial charge in [0, 0.05) is 17.1 Å². The van der Waals surface area contributed by atoms with Gasteiger partial charge in [0.2, 0.25) is 5.91 Å². The molecule has 0 aliphatic carbocycles. The summed E-state index contributed by atoms with van der Waals surface area (Å²) in [6.45, 7) is 5.40. The van der Waals surface area contributed by atoms with E-state index in [-0.39, 0.29) is 11.8 Å². The number of anilines is 1. The second-order valence-corrected chi connectivity index (χ2v) is 6.20. The lowest BCUT2D eigenvalue weighted by Crippen LogP contribution is -2.49. The van der Waals surface area contributed by atoms with Crippen LogP contribution in [0.15, 0.2) is 40.9 Å². The summed E-state index contributed by atoms with van der Waals surface area (Å²) >= 11 is 0. The van der Waals surface area contributed by atoms with E-state index < -0.39 is 6.04 Å². The number of benzene rings is 1. The Morgan fingerprint density at radius 2 is 1.96 bits per heavy atom. The van der Waals surface area contributed by atoms with Gasteiger partial charge in [-0.05, 0) is 32.4 Å². The molecule has 2 amide bonds. The molecule has 0 spiro atoms. The number of fused-ring (bicyclic) bond motifs is 1. The highest BCUT2D eigenvalue weighted by molar-refractivity contribution is 6.06. The highest BCUT2D eigenvalue weighted by Gasteiger charge is 2.19.